The second-order valence-electron chi connectivity index (χ2n) is 7.82. The zero-order valence-corrected chi connectivity index (χ0v) is 16.7. The second kappa shape index (κ2) is 7.02. The summed E-state index contributed by atoms with van der Waals surface area (Å²) >= 11 is 0. The number of halogens is 1. The molecular formula is C23H20FN5O. The number of fused-ring (bicyclic) bond motifs is 4. The molecule has 0 saturated heterocycles. The molecule has 0 radical (unpaired) electrons. The number of hydrogen-bond acceptors (Lipinski definition) is 4. The minimum atomic E-state index is -0.333. The Balaban J connectivity index is 1.88. The molecule has 5 aromatic rings. The van der Waals surface area contributed by atoms with Gasteiger partial charge in [0.2, 0.25) is 0 Å². The Kier molecular flexibility index (Phi) is 4.31. The van der Waals surface area contributed by atoms with Crippen LogP contribution >= 0.6 is 0 Å². The Bertz CT molecular complexity index is 1450. The molecule has 2 aromatic carbocycles. The molecule has 6 nitrogen and oxygen atoms in total. The molecule has 5 rings (SSSR count). The third-order valence-corrected chi connectivity index (χ3v) is 5.26. The lowest BCUT2D eigenvalue weighted by molar-refractivity contribution is 0.506. The minimum absolute atomic E-state index is 0.143. The Labute approximate surface area is 171 Å². The number of benzene rings is 2. The Morgan fingerprint density at radius 3 is 2.37 bits per heavy atom. The standard InChI is InChI=1S/C23H20FN5O/c1-14(2)11-12-28-13-25-21-19(23(28)30)20-22(27-18-6-4-3-5-17(18)26-20)29(21)16-9-7-15(24)8-10-16/h3-10,13-14H,11-12H2,1-2H3. The molecule has 7 heteroatoms. The topological polar surface area (TPSA) is 65.6 Å². The molecule has 0 spiro atoms. The largest absolute Gasteiger partial charge is 0.299 e. The molecule has 30 heavy (non-hydrogen) atoms. The van der Waals surface area contributed by atoms with E-state index < -0.39 is 0 Å². The van der Waals surface area contributed by atoms with E-state index in [0.29, 0.717) is 45.9 Å². The molecule has 0 amide bonds. The first kappa shape index (κ1) is 18.4. The average molecular weight is 401 g/mol. The Morgan fingerprint density at radius 2 is 1.67 bits per heavy atom. The minimum Gasteiger partial charge on any atom is -0.299 e. The lowest BCUT2D eigenvalue weighted by Gasteiger charge is -2.08. The van der Waals surface area contributed by atoms with Gasteiger partial charge in [-0.1, -0.05) is 26.0 Å². The Hall–Kier alpha value is -3.61. The predicted molar refractivity (Wildman–Crippen MR) is 115 cm³/mol. The molecule has 0 N–H and O–H groups in total. The van der Waals surface area contributed by atoms with E-state index in [0.717, 1.165) is 11.9 Å². The van der Waals surface area contributed by atoms with E-state index >= 15 is 0 Å². The van der Waals surface area contributed by atoms with Crippen LogP contribution in [0.1, 0.15) is 20.3 Å². The second-order valence-corrected chi connectivity index (χ2v) is 7.82. The van der Waals surface area contributed by atoms with Gasteiger partial charge in [-0.25, -0.2) is 19.3 Å². The molecule has 150 valence electrons. The number of nitrogens with zero attached hydrogens (tertiary/aromatic N) is 5. The van der Waals surface area contributed by atoms with Crippen LogP contribution in [0.3, 0.4) is 0 Å². The summed E-state index contributed by atoms with van der Waals surface area (Å²) < 4.78 is 16.9. The van der Waals surface area contributed by atoms with Crippen molar-refractivity contribution in [1.29, 1.82) is 0 Å². The molecule has 0 aliphatic rings. The van der Waals surface area contributed by atoms with Crippen LogP contribution in [0.4, 0.5) is 4.39 Å². The van der Waals surface area contributed by atoms with Crippen LogP contribution in [0.15, 0.2) is 59.7 Å². The van der Waals surface area contributed by atoms with Crippen LogP contribution < -0.4 is 5.56 Å². The van der Waals surface area contributed by atoms with Gasteiger partial charge in [0.05, 0.1) is 17.4 Å². The third-order valence-electron chi connectivity index (χ3n) is 5.26. The highest BCUT2D eigenvalue weighted by Gasteiger charge is 2.20. The van der Waals surface area contributed by atoms with E-state index in [1.807, 2.05) is 24.3 Å². The van der Waals surface area contributed by atoms with Crippen LogP contribution in [0.5, 0.6) is 0 Å². The first-order valence-electron chi connectivity index (χ1n) is 9.95. The first-order chi connectivity index (χ1) is 14.5. The maximum absolute atomic E-state index is 13.5. The number of hydrogen-bond donors (Lipinski definition) is 0. The molecule has 0 unspecified atom stereocenters. The fourth-order valence-corrected chi connectivity index (χ4v) is 3.66. The predicted octanol–water partition coefficient (Wildman–Crippen LogP) is 4.47. The van der Waals surface area contributed by atoms with Gasteiger partial charge in [-0.2, -0.15) is 0 Å². The van der Waals surface area contributed by atoms with Crippen molar-refractivity contribution in [1.82, 2.24) is 24.1 Å². The summed E-state index contributed by atoms with van der Waals surface area (Å²) in [5.41, 5.74) is 3.46. The number of aromatic nitrogens is 5. The molecule has 0 atom stereocenters. The van der Waals surface area contributed by atoms with Gasteiger partial charge < -0.3 is 0 Å². The summed E-state index contributed by atoms with van der Waals surface area (Å²) in [5, 5.41) is 0.429. The van der Waals surface area contributed by atoms with Crippen molar-refractivity contribution in [2.75, 3.05) is 0 Å². The maximum Gasteiger partial charge on any atom is 0.265 e. The van der Waals surface area contributed by atoms with E-state index in [2.05, 4.69) is 18.8 Å². The SMILES string of the molecule is CC(C)CCn1cnc2c(c1=O)c1nc3ccccc3nc1n2-c1ccc(F)cc1. The van der Waals surface area contributed by atoms with Gasteiger partial charge in [0, 0.05) is 12.2 Å². The number of rotatable bonds is 4. The van der Waals surface area contributed by atoms with Gasteiger partial charge in [0.15, 0.2) is 11.3 Å². The molecule has 0 aliphatic heterocycles. The van der Waals surface area contributed by atoms with E-state index in [1.165, 1.54) is 12.1 Å². The van der Waals surface area contributed by atoms with Crippen LogP contribution in [-0.4, -0.2) is 24.1 Å². The van der Waals surface area contributed by atoms with E-state index in [1.54, 1.807) is 27.6 Å². The zero-order valence-electron chi connectivity index (χ0n) is 16.7. The van der Waals surface area contributed by atoms with Gasteiger partial charge in [-0.05, 0) is 48.7 Å². The summed E-state index contributed by atoms with van der Waals surface area (Å²) in [4.78, 5) is 27.5. The fraction of sp³-hybridized carbons (Fsp3) is 0.217. The first-order valence-corrected chi connectivity index (χ1v) is 9.95. The van der Waals surface area contributed by atoms with E-state index in [4.69, 9.17) is 9.97 Å². The summed E-state index contributed by atoms with van der Waals surface area (Å²) in [7, 11) is 0. The molecular weight excluding hydrogens is 381 g/mol. The van der Waals surface area contributed by atoms with Gasteiger partial charge in [-0.15, -0.1) is 0 Å². The zero-order chi connectivity index (χ0) is 20.8. The van der Waals surface area contributed by atoms with E-state index in [-0.39, 0.29) is 11.4 Å². The van der Waals surface area contributed by atoms with Gasteiger partial charge >= 0.3 is 0 Å². The van der Waals surface area contributed by atoms with Crippen LogP contribution in [0, 0.1) is 11.7 Å². The molecule has 0 saturated carbocycles. The number of para-hydroxylation sites is 2. The lowest BCUT2D eigenvalue weighted by atomic mass is 10.1. The normalized spacial score (nSPS) is 11.9. The van der Waals surface area contributed by atoms with Crippen molar-refractivity contribution in [2.24, 2.45) is 5.92 Å². The van der Waals surface area contributed by atoms with Crippen LogP contribution in [-0.2, 0) is 6.54 Å². The van der Waals surface area contributed by atoms with Crippen molar-refractivity contribution in [3.05, 3.63) is 71.0 Å². The van der Waals surface area contributed by atoms with Crippen LogP contribution in [0.2, 0.25) is 0 Å². The quantitative estimate of drug-likeness (QED) is 0.446. The van der Waals surface area contributed by atoms with Crippen molar-refractivity contribution in [3.63, 3.8) is 0 Å². The summed E-state index contributed by atoms with van der Waals surface area (Å²) in [6.45, 7) is 4.83. The molecule has 0 bridgehead atoms. The lowest BCUT2D eigenvalue weighted by Crippen LogP contribution is -2.21. The third kappa shape index (κ3) is 2.94. The molecule has 3 heterocycles. The average Bonchev–Trinajstić information content (AvgIpc) is 3.06. The summed E-state index contributed by atoms with van der Waals surface area (Å²) in [6.07, 6.45) is 2.45. The van der Waals surface area contributed by atoms with Gasteiger partial charge in [-0.3, -0.25) is 13.9 Å². The molecule has 0 fully saturated rings. The van der Waals surface area contributed by atoms with Crippen molar-refractivity contribution < 1.29 is 4.39 Å². The number of aryl methyl sites for hydroxylation is 1. The maximum atomic E-state index is 13.5. The molecule has 0 aliphatic carbocycles. The van der Waals surface area contributed by atoms with Crippen LogP contribution in [0.25, 0.3) is 38.9 Å². The van der Waals surface area contributed by atoms with Gasteiger partial charge in [0.1, 0.15) is 16.7 Å². The van der Waals surface area contributed by atoms with E-state index in [9.17, 15) is 9.18 Å². The smallest absolute Gasteiger partial charge is 0.265 e. The molecule has 3 aromatic heterocycles. The van der Waals surface area contributed by atoms with Crippen molar-refractivity contribution >= 4 is 33.2 Å². The summed E-state index contributed by atoms with van der Waals surface area (Å²) in [5.74, 6) is 0.136. The highest BCUT2D eigenvalue weighted by molar-refractivity contribution is 6.05. The highest BCUT2D eigenvalue weighted by Crippen LogP contribution is 2.28. The van der Waals surface area contributed by atoms with Gasteiger partial charge in [0.25, 0.3) is 5.56 Å². The monoisotopic (exact) mass is 401 g/mol. The van der Waals surface area contributed by atoms with Crippen molar-refractivity contribution in [2.45, 2.75) is 26.8 Å². The Morgan fingerprint density at radius 1 is 0.967 bits per heavy atom. The summed E-state index contributed by atoms with van der Waals surface area (Å²) in [6, 6.07) is 13.6. The fourth-order valence-electron chi connectivity index (χ4n) is 3.66. The van der Waals surface area contributed by atoms with Crippen molar-refractivity contribution in [3.8, 4) is 5.69 Å². The highest BCUT2D eigenvalue weighted by atomic mass is 19.1.